The highest BCUT2D eigenvalue weighted by atomic mass is 15.2. The summed E-state index contributed by atoms with van der Waals surface area (Å²) < 4.78 is 0. The van der Waals surface area contributed by atoms with Crippen LogP contribution < -0.4 is 5.32 Å². The number of terminal acetylenes is 1. The van der Waals surface area contributed by atoms with Gasteiger partial charge in [-0.25, -0.2) is 0 Å². The molecule has 1 saturated carbocycles. The lowest BCUT2D eigenvalue weighted by Crippen LogP contribution is -2.61. The monoisotopic (exact) mass is 192 g/mol. The van der Waals surface area contributed by atoms with Crippen LogP contribution >= 0.6 is 0 Å². The molecule has 14 heavy (non-hydrogen) atoms. The molecule has 0 amide bonds. The number of hydrogen-bond acceptors (Lipinski definition) is 2. The lowest BCUT2D eigenvalue weighted by atomic mass is 9.92. The Labute approximate surface area is 87.1 Å². The minimum absolute atomic E-state index is 0.287. The van der Waals surface area contributed by atoms with Gasteiger partial charge in [-0.3, -0.25) is 4.90 Å². The molecule has 1 saturated heterocycles. The highest BCUT2D eigenvalue weighted by molar-refractivity contribution is 5.06. The van der Waals surface area contributed by atoms with Crippen molar-refractivity contribution in [3.05, 3.63) is 0 Å². The Morgan fingerprint density at radius 1 is 1.57 bits per heavy atom. The number of hydrogen-bond donors (Lipinski definition) is 1. The number of piperazine rings is 1. The molecular formula is C12H20N2. The predicted octanol–water partition coefficient (Wildman–Crippen LogP) is 1.08. The molecule has 0 aromatic heterocycles. The molecule has 0 bridgehead atoms. The summed E-state index contributed by atoms with van der Waals surface area (Å²) in [4.78, 5) is 2.43. The van der Waals surface area contributed by atoms with Crippen molar-refractivity contribution in [3.8, 4) is 12.3 Å². The van der Waals surface area contributed by atoms with Crippen molar-refractivity contribution < 1.29 is 0 Å². The maximum Gasteiger partial charge on any atom is 0.0684 e. The van der Waals surface area contributed by atoms with Gasteiger partial charge in [0.25, 0.3) is 0 Å². The Morgan fingerprint density at radius 2 is 2.29 bits per heavy atom. The normalized spacial score (nSPS) is 36.4. The molecule has 2 atom stereocenters. The summed E-state index contributed by atoms with van der Waals surface area (Å²) in [7, 11) is 0. The third-order valence-electron chi connectivity index (χ3n) is 3.73. The summed E-state index contributed by atoms with van der Waals surface area (Å²) in [5.74, 6) is 3.71. The van der Waals surface area contributed by atoms with E-state index in [1.807, 2.05) is 0 Å². The quantitative estimate of drug-likeness (QED) is 0.659. The van der Waals surface area contributed by atoms with E-state index in [4.69, 9.17) is 6.42 Å². The average Bonchev–Trinajstić information content (AvgIpc) is 3.00. The van der Waals surface area contributed by atoms with Crippen LogP contribution in [0.1, 0.15) is 26.7 Å². The first kappa shape index (κ1) is 10.0. The Bertz CT molecular complexity index is 252. The zero-order valence-electron chi connectivity index (χ0n) is 9.21. The van der Waals surface area contributed by atoms with Crippen molar-refractivity contribution in [1.29, 1.82) is 0 Å². The predicted molar refractivity (Wildman–Crippen MR) is 59.0 cm³/mol. The van der Waals surface area contributed by atoms with E-state index in [1.54, 1.807) is 0 Å². The van der Waals surface area contributed by atoms with Gasteiger partial charge >= 0.3 is 0 Å². The van der Waals surface area contributed by atoms with Crippen molar-refractivity contribution in [1.82, 2.24) is 10.2 Å². The van der Waals surface area contributed by atoms with Crippen LogP contribution in [0.4, 0.5) is 0 Å². The molecule has 0 radical (unpaired) electrons. The third kappa shape index (κ3) is 1.80. The first-order valence-corrected chi connectivity index (χ1v) is 5.61. The van der Waals surface area contributed by atoms with E-state index in [1.165, 1.54) is 12.8 Å². The Kier molecular flexibility index (Phi) is 2.55. The largest absolute Gasteiger partial charge is 0.309 e. The smallest absolute Gasteiger partial charge is 0.0684 e. The number of nitrogens with zero attached hydrogens (tertiary/aromatic N) is 1. The highest BCUT2D eigenvalue weighted by Gasteiger charge is 2.44. The Morgan fingerprint density at radius 3 is 2.86 bits per heavy atom. The average molecular weight is 192 g/mol. The van der Waals surface area contributed by atoms with E-state index in [0.29, 0.717) is 5.54 Å². The second kappa shape index (κ2) is 3.56. The lowest BCUT2D eigenvalue weighted by molar-refractivity contribution is 0.113. The van der Waals surface area contributed by atoms with E-state index >= 15 is 0 Å². The fourth-order valence-corrected chi connectivity index (χ4v) is 2.47. The van der Waals surface area contributed by atoms with Gasteiger partial charge in [0.05, 0.1) is 6.04 Å². The maximum atomic E-state index is 5.47. The summed E-state index contributed by atoms with van der Waals surface area (Å²) in [5, 5.41) is 3.66. The van der Waals surface area contributed by atoms with Gasteiger partial charge in [0.2, 0.25) is 0 Å². The molecule has 1 heterocycles. The molecule has 2 aliphatic rings. The maximum absolute atomic E-state index is 5.47. The Hall–Kier alpha value is -0.520. The van der Waals surface area contributed by atoms with Crippen LogP contribution in [-0.2, 0) is 0 Å². The SMILES string of the molecule is C#CC(C)N1CCNC(C)(C2CC2)C1. The van der Waals surface area contributed by atoms with Crippen molar-refractivity contribution >= 4 is 0 Å². The minimum atomic E-state index is 0.287. The van der Waals surface area contributed by atoms with Gasteiger partial charge in [-0.05, 0) is 32.6 Å². The molecule has 2 fully saturated rings. The third-order valence-corrected chi connectivity index (χ3v) is 3.73. The van der Waals surface area contributed by atoms with Gasteiger partial charge in [0, 0.05) is 25.2 Å². The number of rotatable bonds is 2. The van der Waals surface area contributed by atoms with Crippen LogP contribution in [0, 0.1) is 18.3 Å². The molecule has 1 aliphatic carbocycles. The fourth-order valence-electron chi connectivity index (χ4n) is 2.47. The summed E-state index contributed by atoms with van der Waals surface area (Å²) >= 11 is 0. The molecule has 1 N–H and O–H groups in total. The molecular weight excluding hydrogens is 172 g/mol. The van der Waals surface area contributed by atoms with E-state index in [-0.39, 0.29) is 6.04 Å². The summed E-state index contributed by atoms with van der Waals surface area (Å²) in [6.45, 7) is 7.76. The first-order chi connectivity index (χ1) is 6.65. The van der Waals surface area contributed by atoms with Crippen LogP contribution in [0.3, 0.4) is 0 Å². The fraction of sp³-hybridized carbons (Fsp3) is 0.833. The van der Waals surface area contributed by atoms with Crippen LogP contribution in [0.5, 0.6) is 0 Å². The minimum Gasteiger partial charge on any atom is -0.309 e. The molecule has 2 rings (SSSR count). The summed E-state index contributed by atoms with van der Waals surface area (Å²) in [5.41, 5.74) is 0.323. The first-order valence-electron chi connectivity index (χ1n) is 5.61. The second-order valence-corrected chi connectivity index (χ2v) is 4.93. The van der Waals surface area contributed by atoms with E-state index in [2.05, 4.69) is 30.0 Å². The zero-order valence-corrected chi connectivity index (χ0v) is 9.21. The summed E-state index contributed by atoms with van der Waals surface area (Å²) in [6.07, 6.45) is 8.25. The standard InChI is InChI=1S/C12H20N2/c1-4-10(2)14-8-7-13-12(3,9-14)11-5-6-11/h1,10-11,13H,5-9H2,2-3H3. The molecule has 2 nitrogen and oxygen atoms in total. The second-order valence-electron chi connectivity index (χ2n) is 4.93. The van der Waals surface area contributed by atoms with Gasteiger partial charge in [0.1, 0.15) is 0 Å². The molecule has 2 heteroatoms. The van der Waals surface area contributed by atoms with E-state index < -0.39 is 0 Å². The van der Waals surface area contributed by atoms with Crippen LogP contribution in [-0.4, -0.2) is 36.1 Å². The molecule has 78 valence electrons. The van der Waals surface area contributed by atoms with Crippen LogP contribution in [0.2, 0.25) is 0 Å². The van der Waals surface area contributed by atoms with Crippen molar-refractivity contribution in [2.45, 2.75) is 38.3 Å². The number of nitrogens with one attached hydrogen (secondary N) is 1. The Balaban J connectivity index is 2.00. The van der Waals surface area contributed by atoms with Crippen molar-refractivity contribution in [3.63, 3.8) is 0 Å². The molecule has 0 aromatic carbocycles. The van der Waals surface area contributed by atoms with Gasteiger partial charge in [-0.2, -0.15) is 0 Å². The van der Waals surface area contributed by atoms with Crippen molar-refractivity contribution in [2.24, 2.45) is 5.92 Å². The van der Waals surface area contributed by atoms with Gasteiger partial charge < -0.3 is 5.32 Å². The van der Waals surface area contributed by atoms with Gasteiger partial charge in [-0.15, -0.1) is 6.42 Å². The van der Waals surface area contributed by atoms with Gasteiger partial charge in [0.15, 0.2) is 0 Å². The lowest BCUT2D eigenvalue weighted by Gasteiger charge is -2.43. The molecule has 2 unspecified atom stereocenters. The highest BCUT2D eigenvalue weighted by Crippen LogP contribution is 2.40. The topological polar surface area (TPSA) is 15.3 Å². The zero-order chi connectivity index (χ0) is 10.2. The van der Waals surface area contributed by atoms with E-state index in [9.17, 15) is 0 Å². The molecule has 0 spiro atoms. The van der Waals surface area contributed by atoms with Crippen LogP contribution in [0.15, 0.2) is 0 Å². The summed E-state index contributed by atoms with van der Waals surface area (Å²) in [6, 6.07) is 0.287. The molecule has 1 aliphatic heterocycles. The van der Waals surface area contributed by atoms with Gasteiger partial charge in [-0.1, -0.05) is 5.92 Å². The van der Waals surface area contributed by atoms with Crippen molar-refractivity contribution in [2.75, 3.05) is 19.6 Å². The molecule has 0 aromatic rings. The van der Waals surface area contributed by atoms with E-state index in [0.717, 1.165) is 25.6 Å². The van der Waals surface area contributed by atoms with Crippen LogP contribution in [0.25, 0.3) is 0 Å².